The van der Waals surface area contributed by atoms with E-state index in [9.17, 15) is 9.59 Å². The summed E-state index contributed by atoms with van der Waals surface area (Å²) in [7, 11) is 0. The van der Waals surface area contributed by atoms with Crippen LogP contribution < -0.4 is 10.9 Å². The molecular formula is C13H20N2O2. The summed E-state index contributed by atoms with van der Waals surface area (Å²) in [5.41, 5.74) is 5.65. The van der Waals surface area contributed by atoms with Crippen molar-refractivity contribution in [3.8, 4) is 0 Å². The number of carbonyl (C=O) groups is 2. The molecule has 0 spiro atoms. The van der Waals surface area contributed by atoms with Crippen molar-refractivity contribution in [1.29, 1.82) is 0 Å². The zero-order valence-corrected chi connectivity index (χ0v) is 9.49. The summed E-state index contributed by atoms with van der Waals surface area (Å²) in [6.45, 7) is 3.53. The van der Waals surface area contributed by atoms with Gasteiger partial charge >= 0.3 is 0 Å². The van der Waals surface area contributed by atoms with Crippen LogP contribution in [-0.4, -0.2) is 11.8 Å². The molecule has 0 aliphatic heterocycles. The van der Waals surface area contributed by atoms with E-state index in [1.807, 2.05) is 30.3 Å². The predicted octanol–water partition coefficient (Wildman–Crippen LogP) is 1.67. The lowest BCUT2D eigenvalue weighted by atomic mass is 10.1. The molecule has 0 saturated carbocycles. The van der Waals surface area contributed by atoms with Crippen LogP contribution in [0.3, 0.4) is 0 Å². The van der Waals surface area contributed by atoms with E-state index in [-0.39, 0.29) is 31.6 Å². The fourth-order valence-electron chi connectivity index (χ4n) is 1.10. The van der Waals surface area contributed by atoms with Crippen LogP contribution >= 0.6 is 0 Å². The molecule has 0 fully saturated rings. The second-order valence-corrected chi connectivity index (χ2v) is 3.85. The molecule has 2 amide bonds. The first-order chi connectivity index (χ1) is 7.59. The lowest BCUT2D eigenvalue weighted by Gasteiger charge is -2.08. The third-order valence-corrected chi connectivity index (χ3v) is 2.06. The van der Waals surface area contributed by atoms with E-state index in [0.29, 0.717) is 0 Å². The molecule has 0 aliphatic carbocycles. The molecule has 0 heterocycles. The standard InChI is InChI=1S/C12H16N2O2.CH4/c1-9(2)12(16)14-13-11(15)8-10-6-4-3-5-7-10;/h3-7,9H,8H2,1-2H3,(H,13,15)(H,14,16);1H4. The number of hydrogen-bond donors (Lipinski definition) is 2. The van der Waals surface area contributed by atoms with E-state index in [1.54, 1.807) is 13.8 Å². The van der Waals surface area contributed by atoms with Crippen molar-refractivity contribution >= 4 is 11.8 Å². The van der Waals surface area contributed by atoms with Crippen LogP contribution in [0, 0.1) is 5.92 Å². The van der Waals surface area contributed by atoms with Gasteiger partial charge in [-0.2, -0.15) is 0 Å². The summed E-state index contributed by atoms with van der Waals surface area (Å²) < 4.78 is 0. The number of carbonyl (C=O) groups excluding carboxylic acids is 2. The highest BCUT2D eigenvalue weighted by Gasteiger charge is 2.08. The molecule has 1 aromatic rings. The molecule has 0 atom stereocenters. The largest absolute Gasteiger partial charge is 0.273 e. The highest BCUT2D eigenvalue weighted by molar-refractivity contribution is 5.83. The van der Waals surface area contributed by atoms with E-state index in [1.165, 1.54) is 0 Å². The molecule has 4 heteroatoms. The Kier molecular flexibility index (Phi) is 6.63. The summed E-state index contributed by atoms with van der Waals surface area (Å²) >= 11 is 0. The first-order valence-corrected chi connectivity index (χ1v) is 5.22. The average Bonchev–Trinajstić information content (AvgIpc) is 2.27. The normalized spacial score (nSPS) is 9.35. The van der Waals surface area contributed by atoms with Crippen LogP contribution in [-0.2, 0) is 16.0 Å². The van der Waals surface area contributed by atoms with Gasteiger partial charge in [0.1, 0.15) is 0 Å². The Balaban J connectivity index is 0.00000256. The van der Waals surface area contributed by atoms with E-state index < -0.39 is 0 Å². The van der Waals surface area contributed by atoms with Gasteiger partial charge < -0.3 is 0 Å². The minimum absolute atomic E-state index is 0. The monoisotopic (exact) mass is 236 g/mol. The number of rotatable bonds is 3. The molecular weight excluding hydrogens is 216 g/mol. The van der Waals surface area contributed by atoms with Crippen molar-refractivity contribution in [3.05, 3.63) is 35.9 Å². The second kappa shape index (κ2) is 7.44. The molecule has 17 heavy (non-hydrogen) atoms. The number of hydrogen-bond acceptors (Lipinski definition) is 2. The van der Waals surface area contributed by atoms with Crippen LogP contribution in [0.25, 0.3) is 0 Å². The maximum atomic E-state index is 11.4. The Labute approximate surface area is 102 Å². The van der Waals surface area contributed by atoms with Gasteiger partial charge in [0.2, 0.25) is 11.8 Å². The van der Waals surface area contributed by atoms with Crippen molar-refractivity contribution in [1.82, 2.24) is 10.9 Å². The Bertz CT molecular complexity index is 361. The fraction of sp³-hybridized carbons (Fsp3) is 0.385. The van der Waals surface area contributed by atoms with Gasteiger partial charge in [-0.15, -0.1) is 0 Å². The van der Waals surface area contributed by atoms with E-state index in [2.05, 4.69) is 10.9 Å². The second-order valence-electron chi connectivity index (χ2n) is 3.85. The maximum Gasteiger partial charge on any atom is 0.242 e. The summed E-state index contributed by atoms with van der Waals surface area (Å²) in [6.07, 6.45) is 0.263. The quantitative estimate of drug-likeness (QED) is 0.784. The van der Waals surface area contributed by atoms with Gasteiger partial charge in [0.05, 0.1) is 6.42 Å². The van der Waals surface area contributed by atoms with Crippen molar-refractivity contribution in [2.75, 3.05) is 0 Å². The molecule has 0 bridgehead atoms. The number of amides is 2. The van der Waals surface area contributed by atoms with Crippen molar-refractivity contribution < 1.29 is 9.59 Å². The van der Waals surface area contributed by atoms with Crippen molar-refractivity contribution in [2.24, 2.45) is 5.92 Å². The van der Waals surface area contributed by atoms with Gasteiger partial charge in [-0.3, -0.25) is 20.4 Å². The zero-order chi connectivity index (χ0) is 12.0. The summed E-state index contributed by atoms with van der Waals surface area (Å²) in [5.74, 6) is -0.557. The fourth-order valence-corrected chi connectivity index (χ4v) is 1.10. The Hall–Kier alpha value is -1.84. The van der Waals surface area contributed by atoms with Crippen LogP contribution in [0.2, 0.25) is 0 Å². The van der Waals surface area contributed by atoms with Crippen LogP contribution in [0.1, 0.15) is 26.8 Å². The Morgan fingerprint density at radius 2 is 1.71 bits per heavy atom. The highest BCUT2D eigenvalue weighted by Crippen LogP contribution is 1.98. The molecule has 0 radical (unpaired) electrons. The van der Waals surface area contributed by atoms with Gasteiger partial charge in [0, 0.05) is 5.92 Å². The summed E-state index contributed by atoms with van der Waals surface area (Å²) in [6, 6.07) is 9.36. The van der Waals surface area contributed by atoms with Crippen LogP contribution in [0.15, 0.2) is 30.3 Å². The van der Waals surface area contributed by atoms with Gasteiger partial charge in [-0.05, 0) is 5.56 Å². The number of benzene rings is 1. The van der Waals surface area contributed by atoms with Crippen LogP contribution in [0.5, 0.6) is 0 Å². The smallest absolute Gasteiger partial charge is 0.242 e. The van der Waals surface area contributed by atoms with Crippen LogP contribution in [0.4, 0.5) is 0 Å². The maximum absolute atomic E-state index is 11.4. The molecule has 0 unspecified atom stereocenters. The first-order valence-electron chi connectivity index (χ1n) is 5.22. The molecule has 1 rings (SSSR count). The minimum atomic E-state index is -0.222. The highest BCUT2D eigenvalue weighted by atomic mass is 16.2. The third kappa shape index (κ3) is 5.70. The topological polar surface area (TPSA) is 58.2 Å². The third-order valence-electron chi connectivity index (χ3n) is 2.06. The first kappa shape index (κ1) is 15.2. The number of nitrogens with one attached hydrogen (secondary N) is 2. The molecule has 2 N–H and O–H groups in total. The average molecular weight is 236 g/mol. The van der Waals surface area contributed by atoms with Gasteiger partial charge in [0.15, 0.2) is 0 Å². The van der Waals surface area contributed by atoms with Gasteiger partial charge in [-0.25, -0.2) is 0 Å². The Morgan fingerprint density at radius 3 is 2.24 bits per heavy atom. The van der Waals surface area contributed by atoms with E-state index >= 15 is 0 Å². The zero-order valence-electron chi connectivity index (χ0n) is 9.49. The van der Waals surface area contributed by atoms with E-state index in [0.717, 1.165) is 5.56 Å². The predicted molar refractivity (Wildman–Crippen MR) is 68.0 cm³/mol. The molecule has 94 valence electrons. The van der Waals surface area contributed by atoms with Gasteiger partial charge in [-0.1, -0.05) is 51.6 Å². The SMILES string of the molecule is C.CC(C)C(=O)NNC(=O)Cc1ccccc1. The summed E-state index contributed by atoms with van der Waals surface area (Å²) in [4.78, 5) is 22.6. The lowest BCUT2D eigenvalue weighted by Crippen LogP contribution is -2.44. The van der Waals surface area contributed by atoms with E-state index in [4.69, 9.17) is 0 Å². The molecule has 4 nitrogen and oxygen atoms in total. The number of hydrazine groups is 1. The summed E-state index contributed by atoms with van der Waals surface area (Å²) in [5, 5.41) is 0. The molecule has 0 aromatic heterocycles. The Morgan fingerprint density at radius 1 is 1.12 bits per heavy atom. The minimum Gasteiger partial charge on any atom is -0.273 e. The lowest BCUT2D eigenvalue weighted by molar-refractivity contribution is -0.130. The molecule has 0 saturated heterocycles. The molecule has 1 aromatic carbocycles. The van der Waals surface area contributed by atoms with Crippen molar-refractivity contribution in [3.63, 3.8) is 0 Å². The molecule has 0 aliphatic rings. The van der Waals surface area contributed by atoms with Crippen molar-refractivity contribution in [2.45, 2.75) is 27.7 Å². The van der Waals surface area contributed by atoms with Gasteiger partial charge in [0.25, 0.3) is 0 Å².